The van der Waals surface area contributed by atoms with E-state index in [4.69, 9.17) is 0 Å². The normalized spacial score (nSPS) is 18.4. The van der Waals surface area contributed by atoms with Gasteiger partial charge in [0.2, 0.25) is 5.13 Å². The van der Waals surface area contributed by atoms with Gasteiger partial charge in [-0.15, -0.1) is 0 Å². The Balaban J connectivity index is 1.75. The second-order valence-electron chi connectivity index (χ2n) is 4.85. The number of anilines is 1. The lowest BCUT2D eigenvalue weighted by molar-refractivity contribution is -0.138. The van der Waals surface area contributed by atoms with Crippen LogP contribution < -0.4 is 4.90 Å². The molecule has 1 aliphatic rings. The number of carbonyl (C=O) groups is 1. The van der Waals surface area contributed by atoms with Crippen LogP contribution in [0.1, 0.15) is 24.2 Å². The van der Waals surface area contributed by atoms with Gasteiger partial charge in [0.05, 0.1) is 0 Å². The molecule has 1 aromatic carbocycles. The van der Waals surface area contributed by atoms with Crippen molar-refractivity contribution in [1.82, 2.24) is 9.36 Å². The van der Waals surface area contributed by atoms with Crippen molar-refractivity contribution in [2.24, 2.45) is 0 Å². The van der Waals surface area contributed by atoms with Crippen LogP contribution >= 0.6 is 11.5 Å². The van der Waals surface area contributed by atoms with Gasteiger partial charge in [0.1, 0.15) is 11.9 Å². The van der Waals surface area contributed by atoms with Gasteiger partial charge in [-0.1, -0.05) is 30.3 Å². The van der Waals surface area contributed by atoms with E-state index in [0.717, 1.165) is 29.5 Å². The molecule has 1 saturated heterocycles. The molecule has 1 N–H and O–H groups in total. The first-order valence-electron chi connectivity index (χ1n) is 6.60. The van der Waals surface area contributed by atoms with Crippen LogP contribution in [-0.4, -0.2) is 33.0 Å². The predicted octanol–water partition coefficient (Wildman–Crippen LogP) is 2.18. The third kappa shape index (κ3) is 2.65. The van der Waals surface area contributed by atoms with Crippen LogP contribution in [0.5, 0.6) is 0 Å². The quantitative estimate of drug-likeness (QED) is 0.934. The molecule has 6 heteroatoms. The molecular weight excluding hydrogens is 274 g/mol. The van der Waals surface area contributed by atoms with Gasteiger partial charge in [0.15, 0.2) is 0 Å². The van der Waals surface area contributed by atoms with E-state index in [0.29, 0.717) is 12.8 Å². The van der Waals surface area contributed by atoms with Crippen molar-refractivity contribution >= 4 is 22.6 Å². The van der Waals surface area contributed by atoms with Crippen molar-refractivity contribution < 1.29 is 9.90 Å². The third-order valence-corrected chi connectivity index (χ3v) is 4.24. The first kappa shape index (κ1) is 13.1. The van der Waals surface area contributed by atoms with Crippen molar-refractivity contribution in [3.8, 4) is 0 Å². The van der Waals surface area contributed by atoms with Gasteiger partial charge in [-0.05, 0) is 18.4 Å². The van der Waals surface area contributed by atoms with Gasteiger partial charge in [-0.3, -0.25) is 0 Å². The molecule has 0 aliphatic carbocycles. The van der Waals surface area contributed by atoms with Crippen molar-refractivity contribution in [3.05, 3.63) is 41.7 Å². The number of rotatable bonds is 4. The molecule has 1 atom stereocenters. The van der Waals surface area contributed by atoms with Crippen LogP contribution in [0.3, 0.4) is 0 Å². The van der Waals surface area contributed by atoms with Gasteiger partial charge >= 0.3 is 5.97 Å². The lowest BCUT2D eigenvalue weighted by Gasteiger charge is -2.19. The van der Waals surface area contributed by atoms with Gasteiger partial charge in [0.25, 0.3) is 0 Å². The molecule has 3 rings (SSSR count). The van der Waals surface area contributed by atoms with Crippen LogP contribution in [-0.2, 0) is 11.2 Å². The highest BCUT2D eigenvalue weighted by Crippen LogP contribution is 2.27. The molecule has 20 heavy (non-hydrogen) atoms. The topological polar surface area (TPSA) is 66.3 Å². The van der Waals surface area contributed by atoms with E-state index in [1.54, 1.807) is 0 Å². The fourth-order valence-corrected chi connectivity index (χ4v) is 3.23. The maximum Gasteiger partial charge on any atom is 0.326 e. The average molecular weight is 289 g/mol. The van der Waals surface area contributed by atoms with Gasteiger partial charge in [-0.2, -0.15) is 4.37 Å². The molecule has 1 fully saturated rings. The maximum absolute atomic E-state index is 11.2. The zero-order valence-electron chi connectivity index (χ0n) is 10.9. The predicted molar refractivity (Wildman–Crippen MR) is 77.2 cm³/mol. The standard InChI is InChI=1S/C14H15N3O2S/c18-13(19)11-7-4-8-17(11)14-15-12(16-20-14)9-10-5-2-1-3-6-10/h1-3,5-6,11H,4,7-9H2,(H,18,19). The molecule has 0 amide bonds. The number of aliphatic carboxylic acids is 1. The minimum absolute atomic E-state index is 0.451. The highest BCUT2D eigenvalue weighted by atomic mass is 32.1. The van der Waals surface area contributed by atoms with E-state index >= 15 is 0 Å². The summed E-state index contributed by atoms with van der Waals surface area (Å²) in [5.41, 5.74) is 1.16. The van der Waals surface area contributed by atoms with E-state index in [1.165, 1.54) is 11.5 Å². The lowest BCUT2D eigenvalue weighted by atomic mass is 10.1. The SMILES string of the molecule is O=C(O)C1CCCN1c1nc(Cc2ccccc2)ns1. The molecule has 2 aromatic rings. The average Bonchev–Trinajstić information content (AvgIpc) is 3.07. The molecule has 0 spiro atoms. The Morgan fingerprint density at radius 1 is 1.40 bits per heavy atom. The molecule has 0 saturated carbocycles. The molecule has 0 radical (unpaired) electrons. The maximum atomic E-state index is 11.2. The molecule has 1 aliphatic heterocycles. The second kappa shape index (κ2) is 5.58. The summed E-state index contributed by atoms with van der Waals surface area (Å²) < 4.78 is 4.35. The Hall–Kier alpha value is -1.95. The summed E-state index contributed by atoms with van der Waals surface area (Å²) in [6.45, 7) is 0.747. The molecule has 5 nitrogen and oxygen atoms in total. The first-order chi connectivity index (χ1) is 9.74. The first-order valence-corrected chi connectivity index (χ1v) is 7.37. The Bertz CT molecular complexity index is 599. The van der Waals surface area contributed by atoms with Crippen LogP contribution in [0.15, 0.2) is 30.3 Å². The number of hydrogen-bond acceptors (Lipinski definition) is 5. The summed E-state index contributed by atoms with van der Waals surface area (Å²) in [6.07, 6.45) is 2.26. The van der Waals surface area contributed by atoms with Crippen molar-refractivity contribution in [2.45, 2.75) is 25.3 Å². The number of benzene rings is 1. The van der Waals surface area contributed by atoms with E-state index in [2.05, 4.69) is 9.36 Å². The fourth-order valence-electron chi connectivity index (χ4n) is 2.46. The summed E-state index contributed by atoms with van der Waals surface area (Å²) in [6, 6.07) is 9.58. The summed E-state index contributed by atoms with van der Waals surface area (Å²) in [4.78, 5) is 17.5. The van der Waals surface area contributed by atoms with Crippen molar-refractivity contribution in [2.75, 3.05) is 11.4 Å². The molecule has 1 unspecified atom stereocenters. The summed E-state index contributed by atoms with van der Waals surface area (Å²) in [7, 11) is 0. The zero-order chi connectivity index (χ0) is 13.9. The Labute approximate surface area is 121 Å². The van der Waals surface area contributed by atoms with Gasteiger partial charge in [0, 0.05) is 24.5 Å². The van der Waals surface area contributed by atoms with E-state index in [9.17, 15) is 9.90 Å². The smallest absolute Gasteiger partial charge is 0.326 e. The number of carboxylic acid groups (broad SMARTS) is 1. The summed E-state index contributed by atoms with van der Waals surface area (Å²) in [5, 5.41) is 9.92. The van der Waals surface area contributed by atoms with Crippen LogP contribution in [0.4, 0.5) is 5.13 Å². The largest absolute Gasteiger partial charge is 0.480 e. The van der Waals surface area contributed by atoms with Crippen LogP contribution in [0.2, 0.25) is 0 Å². The van der Waals surface area contributed by atoms with E-state index < -0.39 is 12.0 Å². The number of hydrogen-bond donors (Lipinski definition) is 1. The fraction of sp³-hybridized carbons (Fsp3) is 0.357. The minimum atomic E-state index is -0.776. The second-order valence-corrected chi connectivity index (χ2v) is 5.58. The Morgan fingerprint density at radius 2 is 2.20 bits per heavy atom. The molecule has 2 heterocycles. The third-order valence-electron chi connectivity index (χ3n) is 3.45. The minimum Gasteiger partial charge on any atom is -0.480 e. The Morgan fingerprint density at radius 3 is 2.95 bits per heavy atom. The highest BCUT2D eigenvalue weighted by Gasteiger charge is 2.32. The molecule has 0 bridgehead atoms. The van der Waals surface area contributed by atoms with Crippen LogP contribution in [0.25, 0.3) is 0 Å². The van der Waals surface area contributed by atoms with E-state index in [-0.39, 0.29) is 0 Å². The number of aromatic nitrogens is 2. The van der Waals surface area contributed by atoms with E-state index in [1.807, 2.05) is 35.2 Å². The number of carboxylic acids is 1. The summed E-state index contributed by atoms with van der Waals surface area (Å²) >= 11 is 1.29. The lowest BCUT2D eigenvalue weighted by Crippen LogP contribution is -2.35. The van der Waals surface area contributed by atoms with Gasteiger partial charge in [-0.25, -0.2) is 9.78 Å². The molecule has 1 aromatic heterocycles. The highest BCUT2D eigenvalue weighted by molar-refractivity contribution is 7.09. The zero-order valence-corrected chi connectivity index (χ0v) is 11.7. The molecular formula is C14H15N3O2S. The molecule has 104 valence electrons. The number of nitrogens with zero attached hydrogens (tertiary/aromatic N) is 3. The van der Waals surface area contributed by atoms with Gasteiger partial charge < -0.3 is 10.0 Å². The Kier molecular flexibility index (Phi) is 3.64. The van der Waals surface area contributed by atoms with Crippen LogP contribution in [0, 0.1) is 0 Å². The van der Waals surface area contributed by atoms with Crippen molar-refractivity contribution in [1.29, 1.82) is 0 Å². The monoisotopic (exact) mass is 289 g/mol. The summed E-state index contributed by atoms with van der Waals surface area (Å²) in [5.74, 6) is -0.0189. The van der Waals surface area contributed by atoms with Crippen molar-refractivity contribution in [3.63, 3.8) is 0 Å².